The van der Waals surface area contributed by atoms with Gasteiger partial charge in [-0.3, -0.25) is 4.79 Å². The SMILES string of the molecule is O=C1C=C(OC(=O)C(F)(F)F)N=CC1. The first-order valence-corrected chi connectivity index (χ1v) is 3.45. The van der Waals surface area contributed by atoms with Crippen LogP contribution in [0.25, 0.3) is 0 Å². The number of carbonyl (C=O) groups is 2. The molecule has 1 rings (SSSR count). The summed E-state index contributed by atoms with van der Waals surface area (Å²) >= 11 is 0. The number of aliphatic imine (C=N–C) groups is 1. The summed E-state index contributed by atoms with van der Waals surface area (Å²) in [6.45, 7) is 0. The third-order valence-corrected chi connectivity index (χ3v) is 1.22. The number of ether oxygens (including phenoxy) is 1. The molecule has 0 aliphatic carbocycles. The average Bonchev–Trinajstić information content (AvgIpc) is 2.02. The average molecular weight is 207 g/mol. The summed E-state index contributed by atoms with van der Waals surface area (Å²) in [7, 11) is 0. The van der Waals surface area contributed by atoms with Gasteiger partial charge in [-0.25, -0.2) is 9.79 Å². The molecule has 0 bridgehead atoms. The van der Waals surface area contributed by atoms with Gasteiger partial charge in [0.15, 0.2) is 5.78 Å². The number of allylic oxidation sites excluding steroid dienone is 1. The first-order chi connectivity index (χ1) is 6.39. The summed E-state index contributed by atoms with van der Waals surface area (Å²) in [5.74, 6) is -3.50. The Balaban J connectivity index is 2.66. The van der Waals surface area contributed by atoms with Gasteiger partial charge in [0.2, 0.25) is 5.88 Å². The second-order valence-electron chi connectivity index (χ2n) is 2.35. The molecule has 14 heavy (non-hydrogen) atoms. The maximum atomic E-state index is 11.7. The highest BCUT2D eigenvalue weighted by Crippen LogP contribution is 2.19. The van der Waals surface area contributed by atoms with Crippen molar-refractivity contribution in [2.75, 3.05) is 0 Å². The lowest BCUT2D eigenvalue weighted by molar-refractivity contribution is -0.195. The Hall–Kier alpha value is -1.66. The normalized spacial score (nSPS) is 16.5. The Morgan fingerprint density at radius 3 is 2.64 bits per heavy atom. The molecular formula is C7H4F3NO3. The molecule has 0 N–H and O–H groups in total. The molecule has 1 aliphatic rings. The lowest BCUT2D eigenvalue weighted by Crippen LogP contribution is -2.25. The van der Waals surface area contributed by atoms with E-state index in [1.165, 1.54) is 0 Å². The van der Waals surface area contributed by atoms with E-state index in [4.69, 9.17) is 0 Å². The fourth-order valence-corrected chi connectivity index (χ4v) is 0.668. The van der Waals surface area contributed by atoms with Crippen LogP contribution in [0, 0.1) is 0 Å². The molecule has 1 aliphatic heterocycles. The maximum Gasteiger partial charge on any atom is 0.491 e. The second-order valence-corrected chi connectivity index (χ2v) is 2.35. The smallest absolute Gasteiger partial charge is 0.401 e. The molecule has 7 heteroatoms. The number of ketones is 1. The number of esters is 1. The highest BCUT2D eigenvalue weighted by Gasteiger charge is 2.41. The van der Waals surface area contributed by atoms with Gasteiger partial charge in [-0.1, -0.05) is 0 Å². The van der Waals surface area contributed by atoms with Crippen LogP contribution in [0.3, 0.4) is 0 Å². The fraction of sp³-hybridized carbons (Fsp3) is 0.286. The van der Waals surface area contributed by atoms with Crippen LogP contribution in [0.5, 0.6) is 0 Å². The lowest BCUT2D eigenvalue weighted by Gasteiger charge is -2.08. The number of hydrogen-bond donors (Lipinski definition) is 0. The van der Waals surface area contributed by atoms with E-state index >= 15 is 0 Å². The predicted molar refractivity (Wildman–Crippen MR) is 38.3 cm³/mol. The van der Waals surface area contributed by atoms with Crippen LogP contribution in [0.2, 0.25) is 0 Å². The van der Waals surface area contributed by atoms with Crippen molar-refractivity contribution in [2.45, 2.75) is 12.6 Å². The van der Waals surface area contributed by atoms with Crippen LogP contribution >= 0.6 is 0 Å². The molecule has 0 aromatic carbocycles. The van der Waals surface area contributed by atoms with Gasteiger partial charge >= 0.3 is 12.1 Å². The van der Waals surface area contributed by atoms with Gasteiger partial charge in [0.05, 0.1) is 0 Å². The van der Waals surface area contributed by atoms with Crippen LogP contribution < -0.4 is 0 Å². The number of halogens is 3. The summed E-state index contributed by atoms with van der Waals surface area (Å²) in [5.41, 5.74) is 0. The van der Waals surface area contributed by atoms with Gasteiger partial charge in [-0.15, -0.1) is 0 Å². The Kier molecular flexibility index (Phi) is 2.68. The van der Waals surface area contributed by atoms with Crippen LogP contribution in [0.1, 0.15) is 6.42 Å². The molecule has 1 heterocycles. The second kappa shape index (κ2) is 3.60. The summed E-state index contributed by atoms with van der Waals surface area (Å²) < 4.78 is 38.8. The van der Waals surface area contributed by atoms with E-state index in [2.05, 4.69) is 9.73 Å². The minimum Gasteiger partial charge on any atom is -0.401 e. The zero-order valence-corrected chi connectivity index (χ0v) is 6.67. The number of carbonyl (C=O) groups excluding carboxylic acids is 2. The number of hydrogen-bond acceptors (Lipinski definition) is 4. The summed E-state index contributed by atoms with van der Waals surface area (Å²) in [4.78, 5) is 24.2. The molecule has 0 saturated carbocycles. The largest absolute Gasteiger partial charge is 0.491 e. The molecule has 76 valence electrons. The van der Waals surface area contributed by atoms with Crippen molar-refractivity contribution in [3.8, 4) is 0 Å². The summed E-state index contributed by atoms with van der Waals surface area (Å²) in [6, 6.07) is 0. The topological polar surface area (TPSA) is 55.7 Å². The predicted octanol–water partition coefficient (Wildman–Crippen LogP) is 0.977. The Morgan fingerprint density at radius 2 is 2.14 bits per heavy atom. The van der Waals surface area contributed by atoms with E-state index in [0.29, 0.717) is 0 Å². The zero-order valence-electron chi connectivity index (χ0n) is 6.67. The monoisotopic (exact) mass is 207 g/mol. The molecule has 0 radical (unpaired) electrons. The Labute approximate surface area is 76.1 Å². The first-order valence-electron chi connectivity index (χ1n) is 3.45. The minimum absolute atomic E-state index is 0.00688. The molecule has 0 saturated heterocycles. The van der Waals surface area contributed by atoms with E-state index in [0.717, 1.165) is 12.3 Å². The van der Waals surface area contributed by atoms with Gasteiger partial charge in [0, 0.05) is 18.7 Å². The van der Waals surface area contributed by atoms with Crippen LogP contribution in [0.15, 0.2) is 17.0 Å². The van der Waals surface area contributed by atoms with Crippen molar-refractivity contribution in [3.05, 3.63) is 12.0 Å². The van der Waals surface area contributed by atoms with Crippen molar-refractivity contribution >= 4 is 18.0 Å². The third-order valence-electron chi connectivity index (χ3n) is 1.22. The summed E-state index contributed by atoms with van der Waals surface area (Å²) in [6.07, 6.45) is -3.28. The van der Waals surface area contributed by atoms with E-state index in [-0.39, 0.29) is 6.42 Å². The van der Waals surface area contributed by atoms with Crippen molar-refractivity contribution in [1.29, 1.82) is 0 Å². The van der Waals surface area contributed by atoms with E-state index in [9.17, 15) is 22.8 Å². The molecule has 0 atom stereocenters. The van der Waals surface area contributed by atoms with Crippen LogP contribution in [-0.2, 0) is 14.3 Å². The number of rotatable bonds is 1. The highest BCUT2D eigenvalue weighted by molar-refractivity contribution is 6.01. The molecule has 4 nitrogen and oxygen atoms in total. The van der Waals surface area contributed by atoms with Gasteiger partial charge in [0.25, 0.3) is 0 Å². The number of alkyl halides is 3. The van der Waals surface area contributed by atoms with Crippen molar-refractivity contribution < 1.29 is 27.5 Å². The summed E-state index contributed by atoms with van der Waals surface area (Å²) in [5, 5.41) is 0. The fourth-order valence-electron chi connectivity index (χ4n) is 0.668. The van der Waals surface area contributed by atoms with E-state index in [1.54, 1.807) is 0 Å². The molecule has 0 spiro atoms. The van der Waals surface area contributed by atoms with Gasteiger partial charge in [-0.2, -0.15) is 13.2 Å². The van der Waals surface area contributed by atoms with Gasteiger partial charge in [-0.05, 0) is 0 Å². The third kappa shape index (κ3) is 2.68. The van der Waals surface area contributed by atoms with Crippen molar-refractivity contribution in [3.63, 3.8) is 0 Å². The first kappa shape index (κ1) is 10.4. The Morgan fingerprint density at radius 1 is 1.50 bits per heavy atom. The van der Waals surface area contributed by atoms with Crippen LogP contribution in [-0.4, -0.2) is 24.1 Å². The lowest BCUT2D eigenvalue weighted by atomic mass is 10.2. The van der Waals surface area contributed by atoms with E-state index in [1.807, 2.05) is 0 Å². The minimum atomic E-state index is -5.09. The quantitative estimate of drug-likeness (QED) is 0.602. The highest BCUT2D eigenvalue weighted by atomic mass is 19.4. The van der Waals surface area contributed by atoms with Crippen LogP contribution in [0.4, 0.5) is 13.2 Å². The maximum absolute atomic E-state index is 11.7. The molecule has 0 unspecified atom stereocenters. The molecule has 0 aromatic rings. The van der Waals surface area contributed by atoms with Crippen molar-refractivity contribution in [2.24, 2.45) is 4.99 Å². The molecule has 0 fully saturated rings. The molecule has 0 aromatic heterocycles. The van der Waals surface area contributed by atoms with Gasteiger partial charge < -0.3 is 4.74 Å². The zero-order chi connectivity index (χ0) is 10.8. The van der Waals surface area contributed by atoms with Gasteiger partial charge in [0.1, 0.15) is 0 Å². The Bertz CT molecular complexity index is 330. The standard InChI is InChI=1S/C7H4F3NO3/c8-7(9,10)6(13)14-5-3-4(12)1-2-11-5/h2-3H,1H2. The van der Waals surface area contributed by atoms with Crippen molar-refractivity contribution in [1.82, 2.24) is 0 Å². The molecular weight excluding hydrogens is 203 g/mol. The van der Waals surface area contributed by atoms with E-state index < -0.39 is 23.8 Å². The number of nitrogens with zero attached hydrogens (tertiary/aromatic N) is 1. The molecule has 0 amide bonds.